The number of para-hydroxylation sites is 1. The van der Waals surface area contributed by atoms with E-state index in [-0.39, 0.29) is 11.9 Å². The lowest BCUT2D eigenvalue weighted by atomic mass is 9.90. The lowest BCUT2D eigenvalue weighted by Crippen LogP contribution is -2.29. The summed E-state index contributed by atoms with van der Waals surface area (Å²) in [4.78, 5) is 11.6. The lowest BCUT2D eigenvalue weighted by Gasteiger charge is -2.16. The van der Waals surface area contributed by atoms with E-state index in [1.165, 1.54) is 5.56 Å². The van der Waals surface area contributed by atoms with Crippen molar-refractivity contribution < 1.29 is 4.79 Å². The van der Waals surface area contributed by atoms with Gasteiger partial charge in [0, 0.05) is 18.2 Å². The summed E-state index contributed by atoms with van der Waals surface area (Å²) < 4.78 is 0. The number of hydrogen-bond donors (Lipinski definition) is 2. The van der Waals surface area contributed by atoms with Crippen LogP contribution in [0.4, 0.5) is 10.5 Å². The maximum atomic E-state index is 11.6. The van der Waals surface area contributed by atoms with E-state index in [0.717, 1.165) is 11.3 Å². The van der Waals surface area contributed by atoms with Gasteiger partial charge in [-0.15, -0.1) is 0 Å². The third-order valence-corrected chi connectivity index (χ3v) is 3.25. The largest absolute Gasteiger partial charge is 0.337 e. The Kier molecular flexibility index (Phi) is 2.73. The predicted octanol–water partition coefficient (Wildman–Crippen LogP) is 2.95. The average molecular weight is 238 g/mol. The SMILES string of the molecule is O=C1NCC(c2ccccc2)c2ccccc2N1. The maximum absolute atomic E-state index is 11.6. The van der Waals surface area contributed by atoms with E-state index in [4.69, 9.17) is 0 Å². The van der Waals surface area contributed by atoms with Crippen molar-refractivity contribution in [2.75, 3.05) is 11.9 Å². The number of carbonyl (C=O) groups is 1. The topological polar surface area (TPSA) is 41.1 Å². The Morgan fingerprint density at radius 3 is 2.50 bits per heavy atom. The standard InChI is InChI=1S/C15H14N2O/c18-15-16-10-13(11-6-2-1-3-7-11)12-8-4-5-9-14(12)17-15/h1-9,13H,10H2,(H2,16,17,18). The Morgan fingerprint density at radius 2 is 1.67 bits per heavy atom. The van der Waals surface area contributed by atoms with Gasteiger partial charge in [-0.2, -0.15) is 0 Å². The van der Waals surface area contributed by atoms with Gasteiger partial charge in [-0.25, -0.2) is 4.79 Å². The molecule has 2 aromatic rings. The van der Waals surface area contributed by atoms with Crippen molar-refractivity contribution >= 4 is 11.7 Å². The molecule has 3 nitrogen and oxygen atoms in total. The van der Waals surface area contributed by atoms with E-state index >= 15 is 0 Å². The molecule has 2 amide bonds. The van der Waals surface area contributed by atoms with E-state index in [1.807, 2.05) is 36.4 Å². The third-order valence-electron chi connectivity index (χ3n) is 3.25. The predicted molar refractivity (Wildman–Crippen MR) is 71.7 cm³/mol. The lowest BCUT2D eigenvalue weighted by molar-refractivity contribution is 0.252. The second kappa shape index (κ2) is 4.53. The fourth-order valence-electron chi connectivity index (χ4n) is 2.37. The van der Waals surface area contributed by atoms with Crippen LogP contribution in [0.3, 0.4) is 0 Å². The van der Waals surface area contributed by atoms with Crippen molar-refractivity contribution in [2.45, 2.75) is 5.92 Å². The highest BCUT2D eigenvalue weighted by Crippen LogP contribution is 2.31. The summed E-state index contributed by atoms with van der Waals surface area (Å²) in [6, 6.07) is 18.1. The van der Waals surface area contributed by atoms with Crippen LogP contribution in [0.25, 0.3) is 0 Å². The van der Waals surface area contributed by atoms with Gasteiger partial charge in [0.05, 0.1) is 0 Å². The molecule has 0 bridgehead atoms. The highest BCUT2D eigenvalue weighted by molar-refractivity contribution is 5.91. The van der Waals surface area contributed by atoms with Crippen LogP contribution < -0.4 is 10.6 Å². The number of fused-ring (bicyclic) bond motifs is 1. The van der Waals surface area contributed by atoms with E-state index < -0.39 is 0 Å². The first-order chi connectivity index (χ1) is 8.84. The molecule has 0 aromatic heterocycles. The van der Waals surface area contributed by atoms with Crippen LogP contribution >= 0.6 is 0 Å². The third kappa shape index (κ3) is 1.95. The molecule has 18 heavy (non-hydrogen) atoms. The molecule has 1 aliphatic heterocycles. The molecular formula is C15H14N2O. The zero-order valence-electron chi connectivity index (χ0n) is 9.89. The fourth-order valence-corrected chi connectivity index (χ4v) is 2.37. The minimum atomic E-state index is -0.138. The summed E-state index contributed by atoms with van der Waals surface area (Å²) in [6.45, 7) is 0.618. The smallest absolute Gasteiger partial charge is 0.319 e. The first-order valence-electron chi connectivity index (χ1n) is 6.03. The van der Waals surface area contributed by atoms with Crippen LogP contribution in [0.1, 0.15) is 17.0 Å². The van der Waals surface area contributed by atoms with Gasteiger partial charge in [0.1, 0.15) is 0 Å². The van der Waals surface area contributed by atoms with Crippen molar-refractivity contribution in [2.24, 2.45) is 0 Å². The van der Waals surface area contributed by atoms with Crippen molar-refractivity contribution in [1.29, 1.82) is 0 Å². The molecule has 0 saturated carbocycles. The quantitative estimate of drug-likeness (QED) is 0.788. The minimum absolute atomic E-state index is 0.138. The molecule has 2 N–H and O–H groups in total. The van der Waals surface area contributed by atoms with Crippen molar-refractivity contribution in [3.8, 4) is 0 Å². The number of amides is 2. The zero-order chi connectivity index (χ0) is 12.4. The van der Waals surface area contributed by atoms with Gasteiger partial charge in [0.2, 0.25) is 0 Å². The molecule has 0 fully saturated rings. The van der Waals surface area contributed by atoms with Crippen molar-refractivity contribution in [3.05, 3.63) is 65.7 Å². The molecule has 0 radical (unpaired) electrons. The van der Waals surface area contributed by atoms with Gasteiger partial charge >= 0.3 is 6.03 Å². The maximum Gasteiger partial charge on any atom is 0.319 e. The Balaban J connectivity index is 2.08. The Morgan fingerprint density at radius 1 is 0.944 bits per heavy atom. The van der Waals surface area contributed by atoms with Gasteiger partial charge in [-0.3, -0.25) is 0 Å². The minimum Gasteiger partial charge on any atom is -0.337 e. The molecule has 1 heterocycles. The van der Waals surface area contributed by atoms with Crippen molar-refractivity contribution in [3.63, 3.8) is 0 Å². The summed E-state index contributed by atoms with van der Waals surface area (Å²) in [5.41, 5.74) is 3.26. The molecule has 0 saturated heterocycles. The summed E-state index contributed by atoms with van der Waals surface area (Å²) in [5, 5.41) is 5.76. The molecular weight excluding hydrogens is 224 g/mol. The summed E-state index contributed by atoms with van der Waals surface area (Å²) in [6.07, 6.45) is 0. The van der Waals surface area contributed by atoms with Gasteiger partial charge in [0.25, 0.3) is 0 Å². The Bertz CT molecular complexity index is 566. The number of benzene rings is 2. The number of hydrogen-bond acceptors (Lipinski definition) is 1. The summed E-state index contributed by atoms with van der Waals surface area (Å²) in [7, 11) is 0. The van der Waals surface area contributed by atoms with Gasteiger partial charge < -0.3 is 10.6 Å². The molecule has 1 atom stereocenters. The van der Waals surface area contributed by atoms with E-state index in [9.17, 15) is 4.79 Å². The van der Waals surface area contributed by atoms with Gasteiger partial charge in [-0.1, -0.05) is 48.5 Å². The molecule has 3 heteroatoms. The van der Waals surface area contributed by atoms with E-state index in [2.05, 4.69) is 28.8 Å². The molecule has 1 unspecified atom stereocenters. The zero-order valence-corrected chi connectivity index (χ0v) is 9.89. The molecule has 0 spiro atoms. The van der Waals surface area contributed by atoms with Crippen LogP contribution in [-0.2, 0) is 0 Å². The van der Waals surface area contributed by atoms with Crippen LogP contribution in [0.2, 0.25) is 0 Å². The fraction of sp³-hybridized carbons (Fsp3) is 0.133. The molecule has 3 rings (SSSR count). The highest BCUT2D eigenvalue weighted by Gasteiger charge is 2.22. The monoisotopic (exact) mass is 238 g/mol. The highest BCUT2D eigenvalue weighted by atomic mass is 16.2. The Labute approximate surface area is 106 Å². The van der Waals surface area contributed by atoms with Crippen molar-refractivity contribution in [1.82, 2.24) is 5.32 Å². The first kappa shape index (κ1) is 10.8. The molecule has 0 aliphatic carbocycles. The van der Waals surface area contributed by atoms with Crippen LogP contribution in [0.15, 0.2) is 54.6 Å². The second-order valence-corrected chi connectivity index (χ2v) is 4.39. The van der Waals surface area contributed by atoms with Gasteiger partial charge in [0.15, 0.2) is 0 Å². The first-order valence-corrected chi connectivity index (χ1v) is 6.03. The average Bonchev–Trinajstić information content (AvgIpc) is 2.58. The number of urea groups is 1. The second-order valence-electron chi connectivity index (χ2n) is 4.39. The molecule has 1 aliphatic rings. The summed E-state index contributed by atoms with van der Waals surface area (Å²) in [5.74, 6) is 0.196. The number of rotatable bonds is 1. The van der Waals surface area contributed by atoms with Crippen LogP contribution in [0, 0.1) is 0 Å². The van der Waals surface area contributed by atoms with Crippen LogP contribution in [-0.4, -0.2) is 12.6 Å². The van der Waals surface area contributed by atoms with E-state index in [0.29, 0.717) is 6.54 Å². The summed E-state index contributed by atoms with van der Waals surface area (Å²) >= 11 is 0. The molecule has 90 valence electrons. The van der Waals surface area contributed by atoms with E-state index in [1.54, 1.807) is 0 Å². The van der Waals surface area contributed by atoms with Gasteiger partial charge in [-0.05, 0) is 17.2 Å². The molecule has 2 aromatic carbocycles. The normalized spacial score (nSPS) is 18.2. The number of nitrogens with one attached hydrogen (secondary N) is 2. The number of carbonyl (C=O) groups excluding carboxylic acids is 1. The Hall–Kier alpha value is -2.29. The van der Waals surface area contributed by atoms with Crippen LogP contribution in [0.5, 0.6) is 0 Å². The number of anilines is 1.